The Morgan fingerprint density at radius 3 is 2.43 bits per heavy atom. The van der Waals surface area contributed by atoms with Crippen LogP contribution in [0, 0.1) is 11.8 Å². The van der Waals surface area contributed by atoms with Crippen molar-refractivity contribution in [3.63, 3.8) is 0 Å². The topological polar surface area (TPSA) is 122 Å². The molecule has 1 saturated heterocycles. The summed E-state index contributed by atoms with van der Waals surface area (Å²) in [5.74, 6) is 1.45. The van der Waals surface area contributed by atoms with E-state index in [0.29, 0.717) is 24.6 Å². The van der Waals surface area contributed by atoms with Crippen LogP contribution in [0.3, 0.4) is 0 Å². The summed E-state index contributed by atoms with van der Waals surface area (Å²) in [6.45, 7) is 6.49. The molecule has 3 aromatic rings. The number of hydrogen-bond acceptors (Lipinski definition) is 7. The fourth-order valence-electron chi connectivity index (χ4n) is 6.05. The first kappa shape index (κ1) is 29.7. The summed E-state index contributed by atoms with van der Waals surface area (Å²) < 4.78 is 0. The zero-order valence-electron chi connectivity index (χ0n) is 24.6. The largest absolute Gasteiger partial charge is 0.465 e. The number of carboxylic acid groups (broad SMARTS) is 1. The Hall–Kier alpha value is -3.76. The van der Waals surface area contributed by atoms with E-state index in [-0.39, 0.29) is 18.4 Å². The Morgan fingerprint density at radius 1 is 1.05 bits per heavy atom. The number of anilines is 1. The van der Waals surface area contributed by atoms with E-state index in [9.17, 15) is 19.8 Å². The normalized spacial score (nSPS) is 20.3. The fourth-order valence-corrected chi connectivity index (χ4v) is 6.05. The minimum Gasteiger partial charge on any atom is -0.465 e. The van der Waals surface area contributed by atoms with Crippen LogP contribution < -0.4 is 10.2 Å². The third-order valence-electron chi connectivity index (χ3n) is 8.85. The van der Waals surface area contributed by atoms with Crippen LogP contribution in [0.4, 0.5) is 10.6 Å². The van der Waals surface area contributed by atoms with E-state index in [1.165, 1.54) is 4.90 Å². The first-order chi connectivity index (χ1) is 20.3. The molecule has 224 valence electrons. The highest BCUT2D eigenvalue weighted by molar-refractivity contribution is 6.07. The number of hydrogen-bond donors (Lipinski definition) is 3. The number of fused-ring (bicyclic) bond motifs is 1. The molecule has 5 rings (SSSR count). The number of nitrogens with zero attached hydrogens (tertiary/aromatic N) is 5. The SMILES string of the molecule is C[C@@H](CO)N(CC1CCC(CNC(=O)c2cc(-c3ccc(N4CCN(C)CC4)nc3)nc3ccccc23)CC1)C(=O)O. The third-order valence-corrected chi connectivity index (χ3v) is 8.85. The summed E-state index contributed by atoms with van der Waals surface area (Å²) in [5, 5.41) is 22.9. The molecule has 3 heterocycles. The number of rotatable bonds is 9. The number of aliphatic hydroxyl groups excluding tert-OH is 1. The van der Waals surface area contributed by atoms with E-state index in [1.807, 2.05) is 48.7 Å². The van der Waals surface area contributed by atoms with Gasteiger partial charge in [-0.2, -0.15) is 0 Å². The van der Waals surface area contributed by atoms with Gasteiger partial charge in [0.05, 0.1) is 29.4 Å². The molecule has 3 N–H and O–H groups in total. The second-order valence-corrected chi connectivity index (χ2v) is 11.8. The van der Waals surface area contributed by atoms with E-state index in [2.05, 4.69) is 22.2 Å². The van der Waals surface area contributed by atoms with E-state index in [4.69, 9.17) is 9.97 Å². The zero-order chi connectivity index (χ0) is 29.6. The molecular weight excluding hydrogens is 532 g/mol. The quantitative estimate of drug-likeness (QED) is 0.351. The van der Waals surface area contributed by atoms with Crippen molar-refractivity contribution in [3.05, 3.63) is 54.2 Å². The molecule has 0 radical (unpaired) electrons. The lowest BCUT2D eigenvalue weighted by molar-refractivity contribution is 0.0844. The molecule has 0 bridgehead atoms. The number of nitrogens with one attached hydrogen (secondary N) is 1. The molecule has 2 fully saturated rings. The maximum absolute atomic E-state index is 13.5. The van der Waals surface area contributed by atoms with E-state index in [0.717, 1.165) is 79.8 Å². The zero-order valence-corrected chi connectivity index (χ0v) is 24.6. The number of carbonyl (C=O) groups excluding carboxylic acids is 1. The van der Waals surface area contributed by atoms with Crippen molar-refractivity contribution < 1.29 is 19.8 Å². The van der Waals surface area contributed by atoms with Crippen LogP contribution in [0.1, 0.15) is 43.0 Å². The standard InChI is InChI=1S/C32H42N6O4/c1-22(21-39)38(32(41)42)20-24-9-7-23(8-10-24)18-34-31(40)27-17-29(35-28-6-4-3-5-26(27)28)25-11-12-30(33-19-25)37-15-13-36(2)14-16-37/h3-6,11-12,17,19,22-24,39H,7-10,13-16,18,20-21H2,1-2H3,(H,34,40)(H,41,42)/t22-,23?,24?/m0/s1. The average Bonchev–Trinajstić information content (AvgIpc) is 3.02. The second-order valence-electron chi connectivity index (χ2n) is 11.8. The Kier molecular flexibility index (Phi) is 9.54. The monoisotopic (exact) mass is 574 g/mol. The van der Waals surface area contributed by atoms with Crippen LogP contribution in [-0.2, 0) is 0 Å². The van der Waals surface area contributed by atoms with Gasteiger partial charge in [0.1, 0.15) is 5.82 Å². The Balaban J connectivity index is 1.23. The third kappa shape index (κ3) is 6.99. The lowest BCUT2D eigenvalue weighted by Gasteiger charge is -2.33. The summed E-state index contributed by atoms with van der Waals surface area (Å²) in [6.07, 6.45) is 4.53. The van der Waals surface area contributed by atoms with Gasteiger partial charge in [0.2, 0.25) is 0 Å². The van der Waals surface area contributed by atoms with Crippen LogP contribution in [0.25, 0.3) is 22.2 Å². The minimum absolute atomic E-state index is 0.118. The van der Waals surface area contributed by atoms with Gasteiger partial charge in [-0.1, -0.05) is 18.2 Å². The Bertz CT molecular complexity index is 1370. The van der Waals surface area contributed by atoms with E-state index < -0.39 is 12.1 Å². The van der Waals surface area contributed by atoms with Crippen molar-refractivity contribution in [1.29, 1.82) is 0 Å². The number of amides is 2. The molecule has 10 heteroatoms. The molecule has 1 saturated carbocycles. The highest BCUT2D eigenvalue weighted by atomic mass is 16.4. The molecule has 1 aromatic carbocycles. The highest BCUT2D eigenvalue weighted by Crippen LogP contribution is 2.30. The first-order valence-electron chi connectivity index (χ1n) is 15.0. The van der Waals surface area contributed by atoms with Crippen LogP contribution in [0.15, 0.2) is 48.7 Å². The molecule has 1 aliphatic carbocycles. The van der Waals surface area contributed by atoms with Gasteiger partial charge >= 0.3 is 6.09 Å². The lowest BCUT2D eigenvalue weighted by atomic mass is 9.81. The van der Waals surface area contributed by atoms with E-state index in [1.54, 1.807) is 6.92 Å². The van der Waals surface area contributed by atoms with Gasteiger partial charge in [0.15, 0.2) is 0 Å². The molecule has 42 heavy (non-hydrogen) atoms. The summed E-state index contributed by atoms with van der Waals surface area (Å²) in [6, 6.07) is 13.2. The van der Waals surface area contributed by atoms with Gasteiger partial charge in [-0.25, -0.2) is 14.8 Å². The van der Waals surface area contributed by atoms with Crippen LogP contribution in [0.2, 0.25) is 0 Å². The minimum atomic E-state index is -0.989. The first-order valence-corrected chi connectivity index (χ1v) is 15.0. The number of carbonyl (C=O) groups is 2. The van der Waals surface area contributed by atoms with Crippen molar-refractivity contribution in [3.8, 4) is 11.3 Å². The number of pyridine rings is 2. The summed E-state index contributed by atoms with van der Waals surface area (Å²) in [4.78, 5) is 40.6. The van der Waals surface area contributed by atoms with Gasteiger partial charge < -0.3 is 30.2 Å². The summed E-state index contributed by atoms with van der Waals surface area (Å²) >= 11 is 0. The number of piperazine rings is 1. The van der Waals surface area contributed by atoms with Crippen molar-refractivity contribution >= 4 is 28.7 Å². The summed E-state index contributed by atoms with van der Waals surface area (Å²) in [7, 11) is 2.14. The van der Waals surface area contributed by atoms with Gasteiger partial charge in [-0.05, 0) is 75.8 Å². The Labute approximate surface area is 247 Å². The molecule has 1 atom stereocenters. The molecule has 0 unspecified atom stereocenters. The predicted octanol–water partition coefficient (Wildman–Crippen LogP) is 3.95. The van der Waals surface area contributed by atoms with Crippen molar-refractivity contribution in [2.45, 2.75) is 38.6 Å². The van der Waals surface area contributed by atoms with Crippen molar-refractivity contribution in [2.75, 3.05) is 57.8 Å². The van der Waals surface area contributed by atoms with Crippen LogP contribution >= 0.6 is 0 Å². The maximum Gasteiger partial charge on any atom is 0.407 e. The van der Waals surface area contributed by atoms with Gasteiger partial charge in [0, 0.05) is 56.4 Å². The van der Waals surface area contributed by atoms with Crippen LogP contribution in [0.5, 0.6) is 0 Å². The molecule has 1 aliphatic heterocycles. The highest BCUT2D eigenvalue weighted by Gasteiger charge is 2.27. The van der Waals surface area contributed by atoms with Gasteiger partial charge in [-0.15, -0.1) is 0 Å². The smallest absolute Gasteiger partial charge is 0.407 e. The number of likely N-dealkylation sites (N-methyl/N-ethyl adjacent to an activating group) is 1. The van der Waals surface area contributed by atoms with Gasteiger partial charge in [-0.3, -0.25) is 4.79 Å². The van der Waals surface area contributed by atoms with Crippen LogP contribution in [-0.4, -0.2) is 101 Å². The lowest BCUT2D eigenvalue weighted by Crippen LogP contribution is -2.44. The molecule has 0 spiro atoms. The number of benzene rings is 1. The predicted molar refractivity (Wildman–Crippen MR) is 164 cm³/mol. The molecular formula is C32H42N6O4. The fraction of sp³-hybridized carbons (Fsp3) is 0.500. The maximum atomic E-state index is 13.5. The molecule has 2 aromatic heterocycles. The number of para-hydroxylation sites is 1. The second kappa shape index (κ2) is 13.5. The molecule has 10 nitrogen and oxygen atoms in total. The van der Waals surface area contributed by atoms with Gasteiger partial charge in [0.25, 0.3) is 5.91 Å². The summed E-state index contributed by atoms with van der Waals surface area (Å²) in [5.41, 5.74) is 2.96. The van der Waals surface area contributed by atoms with Crippen molar-refractivity contribution in [1.82, 2.24) is 25.1 Å². The van der Waals surface area contributed by atoms with Crippen molar-refractivity contribution in [2.24, 2.45) is 11.8 Å². The average molecular weight is 575 g/mol. The number of aromatic nitrogens is 2. The number of aliphatic hydroxyl groups is 1. The van der Waals surface area contributed by atoms with E-state index >= 15 is 0 Å². The molecule has 2 aliphatic rings. The molecule has 2 amide bonds. The Morgan fingerprint density at radius 2 is 1.76 bits per heavy atom.